The van der Waals surface area contributed by atoms with E-state index in [9.17, 15) is 13.2 Å². The van der Waals surface area contributed by atoms with E-state index in [-0.39, 0.29) is 12.6 Å². The third kappa shape index (κ3) is 2.38. The Morgan fingerprint density at radius 3 is 2.50 bits per heavy atom. The van der Waals surface area contributed by atoms with Crippen LogP contribution in [0.1, 0.15) is 33.1 Å². The molecular weight excluding hydrogens is 230 g/mol. The SMILES string of the molecule is CCCC1NCC(C(=O)O)S(=O)(=O)C1CC. The zero-order valence-electron chi connectivity index (χ0n) is 9.64. The number of carboxylic acids is 1. The van der Waals surface area contributed by atoms with Gasteiger partial charge in [0.25, 0.3) is 0 Å². The predicted octanol–water partition coefficient (Wildman–Crippen LogP) is 0.405. The molecule has 0 amide bonds. The quantitative estimate of drug-likeness (QED) is 0.753. The molecule has 94 valence electrons. The van der Waals surface area contributed by atoms with Crippen LogP contribution in [0.25, 0.3) is 0 Å². The van der Waals surface area contributed by atoms with Crippen molar-refractivity contribution >= 4 is 15.8 Å². The monoisotopic (exact) mass is 249 g/mol. The van der Waals surface area contributed by atoms with Crippen molar-refractivity contribution in [2.45, 2.75) is 49.7 Å². The highest BCUT2D eigenvalue weighted by molar-refractivity contribution is 7.93. The summed E-state index contributed by atoms with van der Waals surface area (Å²) in [6, 6.07) is -0.101. The third-order valence-electron chi connectivity index (χ3n) is 3.11. The van der Waals surface area contributed by atoms with Gasteiger partial charge in [0, 0.05) is 12.6 Å². The van der Waals surface area contributed by atoms with Gasteiger partial charge in [0.15, 0.2) is 15.1 Å². The average molecular weight is 249 g/mol. The van der Waals surface area contributed by atoms with Gasteiger partial charge in [0.1, 0.15) is 0 Å². The Bertz CT molecular complexity index is 352. The highest BCUT2D eigenvalue weighted by Crippen LogP contribution is 2.23. The summed E-state index contributed by atoms with van der Waals surface area (Å²) < 4.78 is 24.1. The van der Waals surface area contributed by atoms with E-state index in [0.29, 0.717) is 6.42 Å². The van der Waals surface area contributed by atoms with Gasteiger partial charge >= 0.3 is 5.97 Å². The lowest BCUT2D eigenvalue weighted by Gasteiger charge is -2.34. The molecule has 0 aromatic heterocycles. The molecule has 0 saturated carbocycles. The van der Waals surface area contributed by atoms with E-state index >= 15 is 0 Å². The van der Waals surface area contributed by atoms with Crippen molar-refractivity contribution in [3.63, 3.8) is 0 Å². The highest BCUT2D eigenvalue weighted by Gasteiger charge is 2.45. The normalized spacial score (nSPS) is 33.5. The number of sulfone groups is 1. The average Bonchev–Trinajstić information content (AvgIpc) is 2.16. The summed E-state index contributed by atoms with van der Waals surface area (Å²) in [6.45, 7) is 3.81. The van der Waals surface area contributed by atoms with E-state index in [2.05, 4.69) is 5.32 Å². The predicted molar refractivity (Wildman–Crippen MR) is 61.1 cm³/mol. The highest BCUT2D eigenvalue weighted by atomic mass is 32.2. The van der Waals surface area contributed by atoms with Gasteiger partial charge in [-0.25, -0.2) is 8.42 Å². The fourth-order valence-electron chi connectivity index (χ4n) is 2.29. The summed E-state index contributed by atoms with van der Waals surface area (Å²) in [4.78, 5) is 10.9. The van der Waals surface area contributed by atoms with Gasteiger partial charge in [-0.2, -0.15) is 0 Å². The van der Waals surface area contributed by atoms with Crippen molar-refractivity contribution in [3.05, 3.63) is 0 Å². The first-order valence-electron chi connectivity index (χ1n) is 5.64. The number of rotatable bonds is 4. The van der Waals surface area contributed by atoms with Gasteiger partial charge in [-0.1, -0.05) is 20.3 Å². The Hall–Kier alpha value is -0.620. The molecule has 1 rings (SSSR count). The van der Waals surface area contributed by atoms with Crippen LogP contribution < -0.4 is 5.32 Å². The lowest BCUT2D eigenvalue weighted by Crippen LogP contribution is -2.58. The maximum Gasteiger partial charge on any atom is 0.323 e. The topological polar surface area (TPSA) is 83.5 Å². The third-order valence-corrected chi connectivity index (χ3v) is 5.78. The van der Waals surface area contributed by atoms with E-state index in [1.807, 2.05) is 6.92 Å². The van der Waals surface area contributed by atoms with Crippen LogP contribution in [0, 0.1) is 0 Å². The molecule has 3 unspecified atom stereocenters. The van der Waals surface area contributed by atoms with E-state index < -0.39 is 26.3 Å². The standard InChI is InChI=1S/C10H19NO4S/c1-3-5-7-8(4-2)16(14,15)9(6-11-7)10(12)13/h7-9,11H,3-6H2,1-2H3,(H,12,13). The summed E-state index contributed by atoms with van der Waals surface area (Å²) in [5.74, 6) is -1.25. The van der Waals surface area contributed by atoms with Crippen LogP contribution in [0.15, 0.2) is 0 Å². The summed E-state index contributed by atoms with van der Waals surface area (Å²) in [5.41, 5.74) is 0. The first-order valence-corrected chi connectivity index (χ1v) is 7.25. The fourth-order valence-corrected chi connectivity index (χ4v) is 4.48. The Morgan fingerprint density at radius 2 is 2.06 bits per heavy atom. The Morgan fingerprint density at radius 1 is 1.44 bits per heavy atom. The number of hydrogen-bond donors (Lipinski definition) is 2. The van der Waals surface area contributed by atoms with Gasteiger partial charge in [0.05, 0.1) is 5.25 Å². The van der Waals surface area contributed by atoms with Crippen molar-refractivity contribution in [2.75, 3.05) is 6.54 Å². The molecule has 0 aromatic carbocycles. The molecule has 1 fully saturated rings. The lowest BCUT2D eigenvalue weighted by molar-refractivity contribution is -0.136. The van der Waals surface area contributed by atoms with Crippen LogP contribution in [-0.2, 0) is 14.6 Å². The molecule has 6 heteroatoms. The Labute approximate surface area is 96.1 Å². The zero-order valence-corrected chi connectivity index (χ0v) is 10.5. The minimum Gasteiger partial charge on any atom is -0.480 e. The van der Waals surface area contributed by atoms with Crippen molar-refractivity contribution < 1.29 is 18.3 Å². The number of nitrogens with one attached hydrogen (secondary N) is 1. The van der Waals surface area contributed by atoms with Crippen LogP contribution in [0.4, 0.5) is 0 Å². The molecule has 2 N–H and O–H groups in total. The Kier molecular flexibility index (Phi) is 4.32. The minimum atomic E-state index is -3.55. The first-order chi connectivity index (χ1) is 7.45. The summed E-state index contributed by atoms with van der Waals surface area (Å²) in [6.07, 6.45) is 2.12. The largest absolute Gasteiger partial charge is 0.480 e. The van der Waals surface area contributed by atoms with Crippen LogP contribution >= 0.6 is 0 Å². The molecule has 0 aliphatic carbocycles. The molecule has 0 radical (unpaired) electrons. The molecule has 16 heavy (non-hydrogen) atoms. The second-order valence-corrected chi connectivity index (χ2v) is 6.52. The smallest absolute Gasteiger partial charge is 0.323 e. The molecular formula is C10H19NO4S. The maximum absolute atomic E-state index is 12.0. The molecule has 5 nitrogen and oxygen atoms in total. The van der Waals surface area contributed by atoms with Gasteiger partial charge in [-0.3, -0.25) is 4.79 Å². The number of carboxylic acid groups (broad SMARTS) is 1. The lowest BCUT2D eigenvalue weighted by atomic mass is 10.1. The van der Waals surface area contributed by atoms with Crippen molar-refractivity contribution in [1.29, 1.82) is 0 Å². The number of carbonyl (C=O) groups is 1. The molecule has 1 aliphatic rings. The van der Waals surface area contributed by atoms with E-state index in [1.165, 1.54) is 0 Å². The van der Waals surface area contributed by atoms with Crippen LogP contribution in [0.5, 0.6) is 0 Å². The molecule has 1 saturated heterocycles. The molecule has 3 atom stereocenters. The Balaban J connectivity index is 2.96. The van der Waals surface area contributed by atoms with Crippen molar-refractivity contribution in [1.82, 2.24) is 5.32 Å². The van der Waals surface area contributed by atoms with Crippen LogP contribution in [-0.4, -0.2) is 42.6 Å². The molecule has 0 spiro atoms. The van der Waals surface area contributed by atoms with Gasteiger partial charge in [-0.15, -0.1) is 0 Å². The van der Waals surface area contributed by atoms with Crippen molar-refractivity contribution in [3.8, 4) is 0 Å². The molecule has 1 aliphatic heterocycles. The van der Waals surface area contributed by atoms with E-state index in [0.717, 1.165) is 12.8 Å². The van der Waals surface area contributed by atoms with Gasteiger partial charge in [0.2, 0.25) is 0 Å². The summed E-state index contributed by atoms with van der Waals surface area (Å²) in [5, 5.41) is 10.1. The van der Waals surface area contributed by atoms with Gasteiger partial charge in [-0.05, 0) is 12.8 Å². The van der Waals surface area contributed by atoms with Crippen LogP contribution in [0.2, 0.25) is 0 Å². The number of aliphatic carboxylic acids is 1. The molecule has 1 heterocycles. The second-order valence-electron chi connectivity index (χ2n) is 4.17. The fraction of sp³-hybridized carbons (Fsp3) is 0.900. The maximum atomic E-state index is 12.0. The van der Waals surface area contributed by atoms with E-state index in [4.69, 9.17) is 5.11 Å². The first kappa shape index (κ1) is 13.4. The van der Waals surface area contributed by atoms with Crippen LogP contribution in [0.3, 0.4) is 0 Å². The molecule has 0 bridgehead atoms. The summed E-state index contributed by atoms with van der Waals surface area (Å²) in [7, 11) is -3.55. The summed E-state index contributed by atoms with van der Waals surface area (Å²) >= 11 is 0. The van der Waals surface area contributed by atoms with E-state index in [1.54, 1.807) is 6.92 Å². The number of hydrogen-bond acceptors (Lipinski definition) is 4. The van der Waals surface area contributed by atoms with Crippen molar-refractivity contribution in [2.24, 2.45) is 0 Å². The zero-order chi connectivity index (χ0) is 12.3. The minimum absolute atomic E-state index is 0.0266. The second kappa shape index (κ2) is 5.14. The molecule has 0 aromatic rings. The van der Waals surface area contributed by atoms with Gasteiger partial charge < -0.3 is 10.4 Å².